The van der Waals surface area contributed by atoms with E-state index in [4.69, 9.17) is 19.9 Å². The van der Waals surface area contributed by atoms with Crippen LogP contribution in [0.4, 0.5) is 0 Å². The molecule has 0 radical (unpaired) electrons. The summed E-state index contributed by atoms with van der Waals surface area (Å²) in [7, 11) is 1.35. The Balaban J connectivity index is 2.06. The first-order chi connectivity index (χ1) is 10.3. The van der Waals surface area contributed by atoms with Crippen LogP contribution >= 0.6 is 0 Å². The van der Waals surface area contributed by atoms with Gasteiger partial charge in [-0.05, 0) is 24.3 Å². The molecular formula is C15H23NO5. The third-order valence-corrected chi connectivity index (χ3v) is 2.61. The summed E-state index contributed by atoms with van der Waals surface area (Å²) in [5.41, 5.74) is 5.80. The van der Waals surface area contributed by atoms with Crippen molar-refractivity contribution in [3.8, 4) is 5.75 Å². The summed E-state index contributed by atoms with van der Waals surface area (Å²) in [4.78, 5) is 11.3. The fourth-order valence-corrected chi connectivity index (χ4v) is 1.56. The first-order valence-electron chi connectivity index (χ1n) is 6.94. The highest BCUT2D eigenvalue weighted by Gasteiger charge is 2.04. The molecule has 0 unspecified atom stereocenters. The Kier molecular flexibility index (Phi) is 9.19. The van der Waals surface area contributed by atoms with E-state index in [1.54, 1.807) is 24.3 Å². The van der Waals surface area contributed by atoms with Crippen molar-refractivity contribution in [1.29, 1.82) is 0 Å². The van der Waals surface area contributed by atoms with Gasteiger partial charge in [0.25, 0.3) is 0 Å². The van der Waals surface area contributed by atoms with Gasteiger partial charge in [-0.1, -0.05) is 0 Å². The highest BCUT2D eigenvalue weighted by molar-refractivity contribution is 5.89. The second-order valence-electron chi connectivity index (χ2n) is 4.23. The summed E-state index contributed by atoms with van der Waals surface area (Å²) in [6, 6.07) is 6.83. The fraction of sp³-hybridized carbons (Fsp3) is 0.533. The average molecular weight is 297 g/mol. The number of rotatable bonds is 11. The molecule has 118 valence electrons. The lowest BCUT2D eigenvalue weighted by Crippen LogP contribution is -2.12. The minimum atomic E-state index is -0.355. The summed E-state index contributed by atoms with van der Waals surface area (Å²) in [5, 5.41) is 0. The highest BCUT2D eigenvalue weighted by atomic mass is 16.5. The van der Waals surface area contributed by atoms with Gasteiger partial charge in [0.1, 0.15) is 5.75 Å². The Bertz CT molecular complexity index is 394. The molecule has 1 rings (SSSR count). The van der Waals surface area contributed by atoms with Crippen molar-refractivity contribution in [2.45, 2.75) is 6.42 Å². The molecule has 6 nitrogen and oxygen atoms in total. The predicted molar refractivity (Wildman–Crippen MR) is 78.6 cm³/mol. The minimum Gasteiger partial charge on any atom is -0.494 e. The molecule has 1 aromatic rings. The van der Waals surface area contributed by atoms with Crippen LogP contribution in [0.25, 0.3) is 0 Å². The molecule has 0 heterocycles. The zero-order valence-electron chi connectivity index (χ0n) is 12.4. The van der Waals surface area contributed by atoms with Crippen LogP contribution in [0.3, 0.4) is 0 Å². The number of ether oxygens (including phenoxy) is 4. The van der Waals surface area contributed by atoms with Gasteiger partial charge in [-0.3, -0.25) is 0 Å². The largest absolute Gasteiger partial charge is 0.494 e. The van der Waals surface area contributed by atoms with Gasteiger partial charge in [-0.25, -0.2) is 4.79 Å². The van der Waals surface area contributed by atoms with Crippen LogP contribution in [0.1, 0.15) is 16.8 Å². The fourth-order valence-electron chi connectivity index (χ4n) is 1.56. The van der Waals surface area contributed by atoms with Crippen LogP contribution in [0.5, 0.6) is 5.75 Å². The predicted octanol–water partition coefficient (Wildman–Crippen LogP) is 1.23. The lowest BCUT2D eigenvalue weighted by atomic mass is 10.2. The van der Waals surface area contributed by atoms with E-state index in [1.165, 1.54) is 7.11 Å². The lowest BCUT2D eigenvalue weighted by molar-refractivity contribution is 0.0463. The van der Waals surface area contributed by atoms with Gasteiger partial charge in [0.05, 0.1) is 39.1 Å². The topological polar surface area (TPSA) is 80.0 Å². The number of methoxy groups -OCH3 is 1. The average Bonchev–Trinajstić information content (AvgIpc) is 2.53. The first kappa shape index (κ1) is 17.4. The van der Waals surface area contributed by atoms with Crippen molar-refractivity contribution in [1.82, 2.24) is 0 Å². The Morgan fingerprint density at radius 3 is 2.29 bits per heavy atom. The molecule has 0 saturated carbocycles. The number of esters is 1. The van der Waals surface area contributed by atoms with Crippen LogP contribution in [-0.4, -0.2) is 52.7 Å². The first-order valence-corrected chi connectivity index (χ1v) is 6.94. The van der Waals surface area contributed by atoms with Gasteiger partial charge >= 0.3 is 5.97 Å². The van der Waals surface area contributed by atoms with Gasteiger partial charge in [0.15, 0.2) is 0 Å². The van der Waals surface area contributed by atoms with Crippen molar-refractivity contribution in [2.75, 3.05) is 46.7 Å². The molecule has 2 N–H and O–H groups in total. The van der Waals surface area contributed by atoms with Gasteiger partial charge in [-0.2, -0.15) is 0 Å². The van der Waals surface area contributed by atoms with Crippen LogP contribution < -0.4 is 10.5 Å². The lowest BCUT2D eigenvalue weighted by Gasteiger charge is -2.07. The molecule has 0 fully saturated rings. The van der Waals surface area contributed by atoms with Gasteiger partial charge in [0.2, 0.25) is 0 Å². The van der Waals surface area contributed by atoms with E-state index in [9.17, 15) is 4.79 Å². The van der Waals surface area contributed by atoms with E-state index in [-0.39, 0.29) is 5.97 Å². The number of carbonyl (C=O) groups excluding carboxylic acids is 1. The minimum absolute atomic E-state index is 0.355. The highest BCUT2D eigenvalue weighted by Crippen LogP contribution is 2.13. The molecule has 0 aliphatic carbocycles. The second-order valence-corrected chi connectivity index (χ2v) is 4.23. The molecule has 0 aromatic heterocycles. The molecular weight excluding hydrogens is 274 g/mol. The molecule has 0 bridgehead atoms. The maximum absolute atomic E-state index is 11.3. The van der Waals surface area contributed by atoms with Gasteiger partial charge < -0.3 is 24.7 Å². The molecule has 0 spiro atoms. The maximum atomic E-state index is 11.3. The molecule has 0 atom stereocenters. The molecule has 0 aliphatic rings. The van der Waals surface area contributed by atoms with Crippen LogP contribution in [0.15, 0.2) is 24.3 Å². The summed E-state index contributed by atoms with van der Waals surface area (Å²) in [6.07, 6.45) is 0.787. The Morgan fingerprint density at radius 1 is 1.00 bits per heavy atom. The van der Waals surface area contributed by atoms with Crippen molar-refractivity contribution in [3.05, 3.63) is 29.8 Å². The third kappa shape index (κ3) is 7.65. The Labute approximate surface area is 125 Å². The van der Waals surface area contributed by atoms with Gasteiger partial charge in [0, 0.05) is 19.6 Å². The Morgan fingerprint density at radius 2 is 1.67 bits per heavy atom. The number of nitrogens with two attached hydrogens (primary N) is 1. The number of benzene rings is 1. The summed E-state index contributed by atoms with van der Waals surface area (Å²) < 4.78 is 20.7. The summed E-state index contributed by atoms with van der Waals surface area (Å²) in [6.45, 7) is 3.39. The van der Waals surface area contributed by atoms with Crippen molar-refractivity contribution in [2.24, 2.45) is 5.73 Å². The van der Waals surface area contributed by atoms with Crippen molar-refractivity contribution >= 4 is 5.97 Å². The second kappa shape index (κ2) is 11.1. The van der Waals surface area contributed by atoms with E-state index >= 15 is 0 Å². The van der Waals surface area contributed by atoms with Crippen LogP contribution in [0.2, 0.25) is 0 Å². The van der Waals surface area contributed by atoms with Crippen LogP contribution in [-0.2, 0) is 14.2 Å². The summed E-state index contributed by atoms with van der Waals surface area (Å²) >= 11 is 0. The summed E-state index contributed by atoms with van der Waals surface area (Å²) in [5.74, 6) is 0.362. The Hall–Kier alpha value is -1.63. The zero-order valence-corrected chi connectivity index (χ0v) is 12.4. The molecule has 1 aromatic carbocycles. The van der Waals surface area contributed by atoms with E-state index in [0.717, 1.165) is 6.42 Å². The monoisotopic (exact) mass is 297 g/mol. The third-order valence-electron chi connectivity index (χ3n) is 2.61. The van der Waals surface area contributed by atoms with E-state index in [1.807, 2.05) is 0 Å². The number of hydrogen-bond donors (Lipinski definition) is 1. The van der Waals surface area contributed by atoms with E-state index in [2.05, 4.69) is 4.74 Å². The molecule has 0 amide bonds. The maximum Gasteiger partial charge on any atom is 0.337 e. The molecule has 0 saturated heterocycles. The molecule has 6 heteroatoms. The van der Waals surface area contributed by atoms with Crippen LogP contribution in [0, 0.1) is 0 Å². The molecule has 21 heavy (non-hydrogen) atoms. The standard InChI is InChI=1S/C15H23NO5/c1-18-15(17)13-3-5-14(6-4-13)21-9-2-8-19-11-12-20-10-7-16/h3-6H,2,7-12,16H2,1H3. The zero-order chi connectivity index (χ0) is 15.3. The van der Waals surface area contributed by atoms with E-state index < -0.39 is 0 Å². The van der Waals surface area contributed by atoms with Crippen molar-refractivity contribution in [3.63, 3.8) is 0 Å². The number of hydrogen-bond acceptors (Lipinski definition) is 6. The molecule has 0 aliphatic heterocycles. The SMILES string of the molecule is COC(=O)c1ccc(OCCCOCCOCCN)cc1. The smallest absolute Gasteiger partial charge is 0.337 e. The van der Waals surface area contributed by atoms with Gasteiger partial charge in [-0.15, -0.1) is 0 Å². The van der Waals surface area contributed by atoms with E-state index in [0.29, 0.717) is 50.9 Å². The quantitative estimate of drug-likeness (QED) is 0.489. The van der Waals surface area contributed by atoms with Crippen molar-refractivity contribution < 1.29 is 23.7 Å². The normalized spacial score (nSPS) is 10.4. The number of carbonyl (C=O) groups is 1.